The molecule has 0 aromatic carbocycles. The van der Waals surface area contributed by atoms with E-state index in [1.807, 2.05) is 0 Å². The molecule has 0 unspecified atom stereocenters. The number of hydrogen-bond donors (Lipinski definition) is 2. The van der Waals surface area contributed by atoms with Crippen molar-refractivity contribution in [3.8, 4) is 0 Å². The molecule has 0 aliphatic rings. The predicted molar refractivity (Wildman–Crippen MR) is 47.1 cm³/mol. The highest BCUT2D eigenvalue weighted by Crippen LogP contribution is 2.02. The van der Waals surface area contributed by atoms with Crippen LogP contribution in [-0.2, 0) is 9.53 Å². The molecule has 2 N–H and O–H groups in total. The van der Waals surface area contributed by atoms with E-state index in [0.29, 0.717) is 0 Å². The number of halogens is 1. The second kappa shape index (κ2) is 4.66. The molecule has 0 aromatic heterocycles. The van der Waals surface area contributed by atoms with E-state index in [4.69, 9.17) is 22.4 Å². The van der Waals surface area contributed by atoms with Gasteiger partial charge in [-0.2, -0.15) is 0 Å². The van der Waals surface area contributed by atoms with Crippen LogP contribution in [-0.4, -0.2) is 24.5 Å². The van der Waals surface area contributed by atoms with Gasteiger partial charge in [0.15, 0.2) is 0 Å². The molecule has 0 aliphatic heterocycles. The molecule has 0 amide bonds. The fourth-order valence-electron chi connectivity index (χ4n) is 0.404. The minimum absolute atomic E-state index is 0.0606. The summed E-state index contributed by atoms with van der Waals surface area (Å²) in [5, 5.41) is 14.2. The van der Waals surface area contributed by atoms with Crippen molar-refractivity contribution in [1.29, 1.82) is 10.8 Å². The molecule has 0 heterocycles. The van der Waals surface area contributed by atoms with Crippen LogP contribution in [0.2, 0.25) is 0 Å². The first-order valence-electron chi connectivity index (χ1n) is 3.08. The fraction of sp³-hybridized carbons (Fsp3) is 0.286. The molecule has 0 aromatic rings. The highest BCUT2D eigenvalue weighted by Gasteiger charge is 2.07. The molecule has 0 aliphatic carbocycles. The fourth-order valence-corrected chi connectivity index (χ4v) is 0.513. The standard InChI is InChI=1S/C7H9ClN2O2/c1-4(9)5(8)3-6(10)7(11)12-2/h3,9-10H,1-2H3/b5-3+,9-4?,10-6?. The molecular weight excluding hydrogens is 180 g/mol. The van der Waals surface area contributed by atoms with Crippen LogP contribution >= 0.6 is 11.6 Å². The largest absolute Gasteiger partial charge is 0.464 e. The number of carbonyl (C=O) groups excluding carboxylic acids is 1. The van der Waals surface area contributed by atoms with Gasteiger partial charge in [-0.1, -0.05) is 11.6 Å². The van der Waals surface area contributed by atoms with Crippen LogP contribution in [0.1, 0.15) is 6.92 Å². The van der Waals surface area contributed by atoms with E-state index in [0.717, 1.165) is 6.08 Å². The summed E-state index contributed by atoms with van der Waals surface area (Å²) < 4.78 is 4.26. The molecule has 12 heavy (non-hydrogen) atoms. The Morgan fingerprint density at radius 1 is 1.50 bits per heavy atom. The zero-order valence-corrected chi connectivity index (χ0v) is 7.53. The lowest BCUT2D eigenvalue weighted by molar-refractivity contribution is -0.132. The number of allylic oxidation sites excluding steroid dienone is 1. The number of rotatable bonds is 3. The number of carbonyl (C=O) groups is 1. The van der Waals surface area contributed by atoms with E-state index in [9.17, 15) is 4.79 Å². The SMILES string of the molecule is COC(=O)C(=N)/C=C(/Cl)C(C)=N. The summed E-state index contributed by atoms with van der Waals surface area (Å²) in [6.45, 7) is 1.46. The van der Waals surface area contributed by atoms with E-state index in [-0.39, 0.29) is 16.5 Å². The van der Waals surface area contributed by atoms with Crippen LogP contribution in [0, 0.1) is 10.8 Å². The Labute approximate surface area is 75.2 Å². The Morgan fingerprint density at radius 2 is 2.00 bits per heavy atom. The van der Waals surface area contributed by atoms with E-state index in [1.165, 1.54) is 14.0 Å². The van der Waals surface area contributed by atoms with Gasteiger partial charge in [0.25, 0.3) is 0 Å². The van der Waals surface area contributed by atoms with Crippen LogP contribution in [0.15, 0.2) is 11.1 Å². The number of hydrogen-bond acceptors (Lipinski definition) is 4. The van der Waals surface area contributed by atoms with E-state index in [1.54, 1.807) is 0 Å². The molecule has 0 saturated heterocycles. The summed E-state index contributed by atoms with van der Waals surface area (Å²) in [4.78, 5) is 10.6. The van der Waals surface area contributed by atoms with Gasteiger partial charge in [0.05, 0.1) is 12.1 Å². The summed E-state index contributed by atoms with van der Waals surface area (Å²) in [5.41, 5.74) is -0.264. The topological polar surface area (TPSA) is 74.0 Å². The molecule has 0 bridgehead atoms. The lowest BCUT2D eigenvalue weighted by Crippen LogP contribution is -2.12. The first-order valence-corrected chi connectivity index (χ1v) is 3.46. The van der Waals surface area contributed by atoms with Crippen LogP contribution in [0.25, 0.3) is 0 Å². The summed E-state index contributed by atoms with van der Waals surface area (Å²) in [6, 6.07) is 0. The van der Waals surface area contributed by atoms with Crippen LogP contribution < -0.4 is 0 Å². The molecule has 66 valence electrons. The van der Waals surface area contributed by atoms with Gasteiger partial charge in [0, 0.05) is 5.71 Å². The second-order valence-corrected chi connectivity index (χ2v) is 2.43. The lowest BCUT2D eigenvalue weighted by Gasteiger charge is -1.96. The highest BCUT2D eigenvalue weighted by atomic mass is 35.5. The first-order chi connectivity index (χ1) is 5.49. The third-order valence-corrected chi connectivity index (χ3v) is 1.43. The molecule has 0 rings (SSSR count). The normalized spacial score (nSPS) is 10.8. The molecule has 0 atom stereocenters. The summed E-state index contributed by atoms with van der Waals surface area (Å²) in [6.07, 6.45) is 1.08. The maximum absolute atomic E-state index is 10.6. The van der Waals surface area contributed by atoms with Crippen molar-refractivity contribution in [2.45, 2.75) is 6.92 Å². The van der Waals surface area contributed by atoms with E-state index < -0.39 is 5.97 Å². The molecule has 0 spiro atoms. The third-order valence-electron chi connectivity index (χ3n) is 1.03. The summed E-state index contributed by atoms with van der Waals surface area (Å²) in [5.74, 6) is -0.769. The van der Waals surface area contributed by atoms with Crippen molar-refractivity contribution in [3.05, 3.63) is 11.1 Å². The van der Waals surface area contributed by atoms with Gasteiger partial charge < -0.3 is 10.1 Å². The van der Waals surface area contributed by atoms with Gasteiger partial charge in [-0.3, -0.25) is 5.41 Å². The Balaban J connectivity index is 4.44. The Hall–Kier alpha value is -1.16. The molecule has 4 nitrogen and oxygen atoms in total. The molecule has 0 radical (unpaired) electrons. The average Bonchev–Trinajstić information content (AvgIpc) is 2.02. The molecule has 0 fully saturated rings. The highest BCUT2D eigenvalue weighted by molar-refractivity contribution is 6.48. The lowest BCUT2D eigenvalue weighted by atomic mass is 10.3. The Kier molecular flexibility index (Phi) is 4.21. The number of ether oxygens (including phenoxy) is 1. The predicted octanol–water partition coefficient (Wildman–Crippen LogP) is 1.34. The molecular formula is C7H9ClN2O2. The maximum Gasteiger partial charge on any atom is 0.355 e. The summed E-state index contributed by atoms with van der Waals surface area (Å²) >= 11 is 5.50. The van der Waals surface area contributed by atoms with E-state index in [2.05, 4.69) is 4.74 Å². The van der Waals surface area contributed by atoms with Gasteiger partial charge in [-0.05, 0) is 13.0 Å². The number of esters is 1. The van der Waals surface area contributed by atoms with Crippen LogP contribution in [0.5, 0.6) is 0 Å². The minimum atomic E-state index is -0.769. The Morgan fingerprint density at radius 3 is 2.33 bits per heavy atom. The van der Waals surface area contributed by atoms with Gasteiger partial charge in [0.1, 0.15) is 5.71 Å². The van der Waals surface area contributed by atoms with Gasteiger partial charge >= 0.3 is 5.97 Å². The van der Waals surface area contributed by atoms with Gasteiger partial charge in [-0.25, -0.2) is 4.79 Å². The third kappa shape index (κ3) is 3.30. The average molecular weight is 189 g/mol. The van der Waals surface area contributed by atoms with Crippen LogP contribution in [0.3, 0.4) is 0 Å². The van der Waals surface area contributed by atoms with Crippen molar-refractivity contribution in [3.63, 3.8) is 0 Å². The second-order valence-electron chi connectivity index (χ2n) is 2.02. The maximum atomic E-state index is 10.6. The van der Waals surface area contributed by atoms with E-state index >= 15 is 0 Å². The van der Waals surface area contributed by atoms with Crippen LogP contribution in [0.4, 0.5) is 0 Å². The molecule has 0 saturated carbocycles. The van der Waals surface area contributed by atoms with Crippen molar-refractivity contribution >= 4 is 29.0 Å². The number of methoxy groups -OCH3 is 1. The molecule has 5 heteroatoms. The van der Waals surface area contributed by atoms with Gasteiger partial charge in [-0.15, -0.1) is 0 Å². The Bertz CT molecular complexity index is 258. The quantitative estimate of drug-likeness (QED) is 0.518. The smallest absolute Gasteiger partial charge is 0.355 e. The number of nitrogens with one attached hydrogen (secondary N) is 2. The summed E-state index contributed by atoms with van der Waals surface area (Å²) in [7, 11) is 1.18. The monoisotopic (exact) mass is 188 g/mol. The van der Waals surface area contributed by atoms with Crippen molar-refractivity contribution in [2.75, 3.05) is 7.11 Å². The zero-order chi connectivity index (χ0) is 9.72. The minimum Gasteiger partial charge on any atom is -0.464 e. The van der Waals surface area contributed by atoms with Crippen molar-refractivity contribution in [2.24, 2.45) is 0 Å². The van der Waals surface area contributed by atoms with Crippen molar-refractivity contribution in [1.82, 2.24) is 0 Å². The van der Waals surface area contributed by atoms with Gasteiger partial charge in [0.2, 0.25) is 0 Å². The first kappa shape index (κ1) is 10.8. The zero-order valence-electron chi connectivity index (χ0n) is 6.77. The van der Waals surface area contributed by atoms with Crippen molar-refractivity contribution < 1.29 is 9.53 Å².